The molecule has 1 aromatic carbocycles. The Morgan fingerprint density at radius 1 is 1.07 bits per heavy atom. The van der Waals surface area contributed by atoms with Gasteiger partial charge in [0.2, 0.25) is 0 Å². The molecule has 3 heteroatoms. The van der Waals surface area contributed by atoms with Crippen molar-refractivity contribution in [3.05, 3.63) is 23.3 Å². The van der Waals surface area contributed by atoms with Crippen molar-refractivity contribution < 1.29 is 5.02 Å². The van der Waals surface area contributed by atoms with Gasteiger partial charge >= 0.3 is 7.48 Å². The van der Waals surface area contributed by atoms with Gasteiger partial charge in [-0.1, -0.05) is 17.6 Å². The Hall–Kier alpha value is -0.955. The van der Waals surface area contributed by atoms with E-state index in [4.69, 9.17) is 5.02 Å². The first-order chi connectivity index (χ1) is 7.38. The number of benzene rings is 1. The van der Waals surface area contributed by atoms with Gasteiger partial charge in [0.15, 0.2) is 0 Å². The van der Waals surface area contributed by atoms with Gasteiger partial charge in [0.1, 0.15) is 0 Å². The third-order valence-electron chi connectivity index (χ3n) is 3.50. The van der Waals surface area contributed by atoms with Crippen molar-refractivity contribution in [1.29, 1.82) is 0 Å². The number of nitrogens with zero attached hydrogens (tertiary/aromatic N) is 1. The molecule has 0 bridgehead atoms. The van der Waals surface area contributed by atoms with Crippen molar-refractivity contribution in [3.63, 3.8) is 0 Å². The van der Waals surface area contributed by atoms with Gasteiger partial charge in [-0.25, -0.2) is 0 Å². The van der Waals surface area contributed by atoms with Crippen molar-refractivity contribution in [2.45, 2.75) is 25.7 Å². The summed E-state index contributed by atoms with van der Waals surface area (Å²) in [4.78, 5) is 2.51. The van der Waals surface area contributed by atoms with E-state index >= 15 is 0 Å². The number of aryl methyl sites for hydroxylation is 2. The summed E-state index contributed by atoms with van der Waals surface area (Å²) in [6, 6.07) is 4.27. The highest BCUT2D eigenvalue weighted by Gasteiger charge is 2.23. The van der Waals surface area contributed by atoms with Crippen LogP contribution < -0.4 is 10.4 Å². The van der Waals surface area contributed by atoms with E-state index in [1.165, 1.54) is 63.1 Å². The van der Waals surface area contributed by atoms with Crippen LogP contribution in [0.1, 0.15) is 24.0 Å². The molecule has 0 amide bonds. The Labute approximate surface area is 91.2 Å². The number of rotatable bonds is 1. The molecule has 2 heterocycles. The Kier molecular flexibility index (Phi) is 2.21. The number of anilines is 1. The van der Waals surface area contributed by atoms with E-state index < -0.39 is 0 Å². The molecule has 0 saturated carbocycles. The molecule has 0 aromatic heterocycles. The maximum atomic E-state index is 9.10. The predicted molar refractivity (Wildman–Crippen MR) is 62.9 cm³/mol. The first kappa shape index (κ1) is 9.28. The van der Waals surface area contributed by atoms with Crippen LogP contribution in [-0.4, -0.2) is 25.6 Å². The Balaban J connectivity index is 2.15. The summed E-state index contributed by atoms with van der Waals surface area (Å²) >= 11 is 0. The van der Waals surface area contributed by atoms with E-state index in [1.54, 1.807) is 0 Å². The second-order valence-corrected chi connectivity index (χ2v) is 4.51. The molecule has 0 spiro atoms. The summed E-state index contributed by atoms with van der Waals surface area (Å²) < 4.78 is 0. The summed E-state index contributed by atoms with van der Waals surface area (Å²) in [5.41, 5.74) is 5.29. The molecule has 2 aliphatic rings. The van der Waals surface area contributed by atoms with Crippen molar-refractivity contribution in [2.75, 3.05) is 18.0 Å². The van der Waals surface area contributed by atoms with E-state index in [0.717, 1.165) is 5.46 Å². The van der Waals surface area contributed by atoms with E-state index in [1.807, 2.05) is 0 Å². The molecular formula is C12H15BNO. The minimum atomic E-state index is 0.965. The van der Waals surface area contributed by atoms with Crippen molar-refractivity contribution in [2.24, 2.45) is 0 Å². The van der Waals surface area contributed by atoms with E-state index in [9.17, 15) is 0 Å². The maximum absolute atomic E-state index is 9.10. The van der Waals surface area contributed by atoms with Crippen LogP contribution in [0, 0.1) is 0 Å². The maximum Gasteiger partial charge on any atom is 0.326 e. The molecule has 1 radical (unpaired) electrons. The molecule has 0 saturated heterocycles. The van der Waals surface area contributed by atoms with Crippen LogP contribution >= 0.6 is 0 Å². The molecule has 1 aromatic rings. The van der Waals surface area contributed by atoms with Gasteiger partial charge < -0.3 is 9.92 Å². The summed E-state index contributed by atoms with van der Waals surface area (Å²) in [5.74, 6) is 0. The van der Waals surface area contributed by atoms with Gasteiger partial charge in [-0.15, -0.1) is 0 Å². The molecule has 0 unspecified atom stereocenters. The molecule has 0 atom stereocenters. The highest BCUT2D eigenvalue weighted by Crippen LogP contribution is 2.33. The highest BCUT2D eigenvalue weighted by atomic mass is 16.2. The van der Waals surface area contributed by atoms with Crippen molar-refractivity contribution in [3.8, 4) is 0 Å². The van der Waals surface area contributed by atoms with Crippen LogP contribution in [0.3, 0.4) is 0 Å². The molecular weight excluding hydrogens is 185 g/mol. The first-order valence-electron chi connectivity index (χ1n) is 5.76. The molecule has 15 heavy (non-hydrogen) atoms. The Bertz CT molecular complexity index is 360. The largest absolute Gasteiger partial charge is 0.450 e. The normalized spacial score (nSPS) is 18.6. The van der Waals surface area contributed by atoms with Crippen LogP contribution in [0.5, 0.6) is 0 Å². The van der Waals surface area contributed by atoms with Gasteiger partial charge in [-0.2, -0.15) is 0 Å². The van der Waals surface area contributed by atoms with Crippen molar-refractivity contribution in [1.82, 2.24) is 0 Å². The van der Waals surface area contributed by atoms with Crippen LogP contribution in [0.4, 0.5) is 5.69 Å². The van der Waals surface area contributed by atoms with Crippen LogP contribution in [0.25, 0.3) is 0 Å². The second-order valence-electron chi connectivity index (χ2n) is 4.51. The lowest BCUT2D eigenvalue weighted by atomic mass is 9.81. The van der Waals surface area contributed by atoms with Crippen LogP contribution in [0.2, 0.25) is 0 Å². The predicted octanol–water partition coefficient (Wildman–Crippen LogP) is 0.622. The van der Waals surface area contributed by atoms with Crippen molar-refractivity contribution >= 4 is 18.6 Å². The number of hydrogen-bond donors (Lipinski definition) is 1. The topological polar surface area (TPSA) is 23.5 Å². The minimum absolute atomic E-state index is 0.965. The zero-order valence-electron chi connectivity index (χ0n) is 8.87. The lowest BCUT2D eigenvalue weighted by Gasteiger charge is -2.37. The SMILES string of the molecule is O[B]c1cc2c3c(c1)CCCN3CCC2. The zero-order valence-corrected chi connectivity index (χ0v) is 8.87. The molecule has 1 N–H and O–H groups in total. The van der Waals surface area contributed by atoms with Gasteiger partial charge in [0.25, 0.3) is 0 Å². The molecule has 2 nitrogen and oxygen atoms in total. The van der Waals surface area contributed by atoms with Gasteiger partial charge in [0.05, 0.1) is 0 Å². The molecule has 2 aliphatic heterocycles. The van der Waals surface area contributed by atoms with E-state index in [2.05, 4.69) is 17.0 Å². The summed E-state index contributed by atoms with van der Waals surface area (Å²) in [6.07, 6.45) is 4.84. The van der Waals surface area contributed by atoms with Gasteiger partial charge in [-0.3, -0.25) is 0 Å². The summed E-state index contributed by atoms with van der Waals surface area (Å²) in [7, 11) is 1.23. The fourth-order valence-corrected chi connectivity index (χ4v) is 2.90. The Morgan fingerprint density at radius 3 is 2.20 bits per heavy atom. The summed E-state index contributed by atoms with van der Waals surface area (Å²) in [6.45, 7) is 2.42. The second kappa shape index (κ2) is 3.56. The quantitative estimate of drug-likeness (QED) is 0.672. The molecule has 0 fully saturated rings. The average Bonchev–Trinajstić information content (AvgIpc) is 2.29. The average molecular weight is 200 g/mol. The standard InChI is InChI=1S/C12H15BNO/c15-13-11-7-9-3-1-5-14-6-2-4-10(8-11)12(9)14/h7-8,15H,1-6H2. The Morgan fingerprint density at radius 2 is 1.67 bits per heavy atom. The molecule has 77 valence electrons. The fraction of sp³-hybridized carbons (Fsp3) is 0.500. The molecule has 0 aliphatic carbocycles. The van der Waals surface area contributed by atoms with Crippen LogP contribution in [0.15, 0.2) is 12.1 Å². The van der Waals surface area contributed by atoms with Gasteiger partial charge in [0, 0.05) is 18.8 Å². The van der Waals surface area contributed by atoms with E-state index in [0.29, 0.717) is 0 Å². The first-order valence-corrected chi connectivity index (χ1v) is 5.76. The van der Waals surface area contributed by atoms with Crippen LogP contribution in [-0.2, 0) is 12.8 Å². The van der Waals surface area contributed by atoms with E-state index in [-0.39, 0.29) is 0 Å². The zero-order chi connectivity index (χ0) is 10.3. The fourth-order valence-electron chi connectivity index (χ4n) is 2.90. The molecule has 3 rings (SSSR count). The monoisotopic (exact) mass is 200 g/mol. The number of hydrogen-bond acceptors (Lipinski definition) is 2. The smallest absolute Gasteiger partial charge is 0.326 e. The third-order valence-corrected chi connectivity index (χ3v) is 3.50. The lowest BCUT2D eigenvalue weighted by Crippen LogP contribution is -2.35. The minimum Gasteiger partial charge on any atom is -0.450 e. The lowest BCUT2D eigenvalue weighted by molar-refractivity contribution is 0.613. The highest BCUT2D eigenvalue weighted by molar-refractivity contribution is 6.45. The van der Waals surface area contributed by atoms with Gasteiger partial charge in [-0.05, 0) is 36.8 Å². The summed E-state index contributed by atoms with van der Waals surface area (Å²) in [5, 5.41) is 9.10. The third kappa shape index (κ3) is 1.46.